The van der Waals surface area contributed by atoms with E-state index in [9.17, 15) is 14.4 Å². The van der Waals surface area contributed by atoms with Gasteiger partial charge in [0.2, 0.25) is 11.8 Å². The summed E-state index contributed by atoms with van der Waals surface area (Å²) in [5, 5.41) is 11.7. The molecule has 2 N–H and O–H groups in total. The minimum atomic E-state index is -0.707. The monoisotopic (exact) mass is 552 g/mol. The highest BCUT2D eigenvalue weighted by molar-refractivity contribution is 5.98. The van der Waals surface area contributed by atoms with Gasteiger partial charge in [0.25, 0.3) is 0 Å². The lowest BCUT2D eigenvalue weighted by Crippen LogP contribution is -2.49. The summed E-state index contributed by atoms with van der Waals surface area (Å²) in [4.78, 5) is 40.9. The van der Waals surface area contributed by atoms with Crippen LogP contribution in [0.25, 0.3) is 6.08 Å². The van der Waals surface area contributed by atoms with Crippen molar-refractivity contribution in [3.63, 3.8) is 0 Å². The standard InChI is InChI=1S/C30H36N2O8/c33-12-10-31-28(34)22-5-2-11-32(22)29(35)21-15-25-27(38-17-37-25)26(16-21)40-30(36)20-4-1-3-18(13-20)6-7-19-8-9-23-24(14-19)39-23/h1,3-4,6-7,13,15,19,22-27,33H,2,5,8-12,14,16-17H2,(H,31,34)/t19?,22-,23?,24?,25-,26-,27-/m1/s1. The van der Waals surface area contributed by atoms with Crippen molar-refractivity contribution >= 4 is 23.9 Å². The molecular formula is C30H36N2O8. The quantitative estimate of drug-likeness (QED) is 0.370. The molecule has 1 saturated carbocycles. The number of carbonyl (C=O) groups is 3. The van der Waals surface area contributed by atoms with Gasteiger partial charge < -0.3 is 34.3 Å². The lowest BCUT2D eigenvalue weighted by atomic mass is 9.88. The smallest absolute Gasteiger partial charge is 0.338 e. The molecule has 214 valence electrons. The lowest BCUT2D eigenvalue weighted by Gasteiger charge is -2.32. The third-order valence-corrected chi connectivity index (χ3v) is 8.49. The van der Waals surface area contributed by atoms with Crippen molar-refractivity contribution in [2.75, 3.05) is 26.5 Å². The SMILES string of the molecule is O=C(O[C@@H]1CC(C(=O)N2CCC[C@@H]2C(=O)NCCO)=C[C@H]2OCO[C@H]21)c1cccc(C=CC2CCC3OC3C2)c1. The van der Waals surface area contributed by atoms with Crippen molar-refractivity contribution in [3.05, 3.63) is 53.1 Å². The van der Waals surface area contributed by atoms with Crippen molar-refractivity contribution in [3.8, 4) is 0 Å². The van der Waals surface area contributed by atoms with Gasteiger partial charge in [0, 0.05) is 25.1 Å². The Labute approximate surface area is 233 Å². The predicted octanol–water partition coefficient (Wildman–Crippen LogP) is 1.96. The summed E-state index contributed by atoms with van der Waals surface area (Å²) in [5.41, 5.74) is 1.79. The van der Waals surface area contributed by atoms with E-state index >= 15 is 0 Å². The number of nitrogens with zero attached hydrogens (tertiary/aromatic N) is 1. The molecule has 3 unspecified atom stereocenters. The third-order valence-electron chi connectivity index (χ3n) is 8.49. The number of likely N-dealkylation sites (tertiary alicyclic amines) is 1. The van der Waals surface area contributed by atoms with E-state index in [0.717, 1.165) is 24.8 Å². The second-order valence-electron chi connectivity index (χ2n) is 11.2. The van der Waals surface area contributed by atoms with Crippen LogP contribution in [-0.4, -0.2) is 90.8 Å². The summed E-state index contributed by atoms with van der Waals surface area (Å²) in [6.07, 6.45) is 9.85. The van der Waals surface area contributed by atoms with Gasteiger partial charge in [-0.05, 0) is 61.8 Å². The molecule has 2 amide bonds. The van der Waals surface area contributed by atoms with Crippen molar-refractivity contribution in [2.24, 2.45) is 5.92 Å². The van der Waals surface area contributed by atoms with Crippen LogP contribution < -0.4 is 5.32 Å². The first-order chi connectivity index (χ1) is 19.5. The normalized spacial score (nSPS) is 32.8. The molecule has 1 aromatic rings. The molecule has 7 atom stereocenters. The zero-order chi connectivity index (χ0) is 27.6. The maximum atomic E-state index is 13.5. The number of aliphatic hydroxyl groups is 1. The number of benzene rings is 1. The van der Waals surface area contributed by atoms with E-state index in [0.29, 0.717) is 48.6 Å². The van der Waals surface area contributed by atoms with E-state index in [1.807, 2.05) is 18.2 Å². The number of rotatable bonds is 8. The first-order valence-corrected chi connectivity index (χ1v) is 14.3. The number of aliphatic hydroxyl groups excluding tert-OH is 1. The molecule has 3 heterocycles. The largest absolute Gasteiger partial charge is 0.456 e. The number of epoxide rings is 1. The number of carbonyl (C=O) groups excluding carboxylic acids is 3. The van der Waals surface area contributed by atoms with E-state index in [1.165, 1.54) is 0 Å². The molecule has 10 nitrogen and oxygen atoms in total. The zero-order valence-electron chi connectivity index (χ0n) is 22.4. The molecule has 0 aromatic heterocycles. The molecule has 0 bridgehead atoms. The van der Waals surface area contributed by atoms with E-state index < -0.39 is 30.3 Å². The summed E-state index contributed by atoms with van der Waals surface area (Å²) >= 11 is 0. The predicted molar refractivity (Wildman–Crippen MR) is 143 cm³/mol. The first kappa shape index (κ1) is 27.1. The van der Waals surface area contributed by atoms with Gasteiger partial charge in [-0.25, -0.2) is 4.79 Å². The van der Waals surface area contributed by atoms with Gasteiger partial charge >= 0.3 is 5.97 Å². The summed E-state index contributed by atoms with van der Waals surface area (Å²) < 4.78 is 23.0. The molecular weight excluding hydrogens is 516 g/mol. The molecule has 0 radical (unpaired) electrons. The van der Waals surface area contributed by atoms with Crippen LogP contribution in [0.5, 0.6) is 0 Å². The Bertz CT molecular complexity index is 1200. The average molecular weight is 553 g/mol. The number of ether oxygens (including phenoxy) is 4. The Morgan fingerprint density at radius 3 is 2.90 bits per heavy atom. The van der Waals surface area contributed by atoms with Crippen molar-refractivity contribution in [1.82, 2.24) is 10.2 Å². The number of amides is 2. The molecule has 5 aliphatic rings. The van der Waals surface area contributed by atoms with Crippen LogP contribution in [0, 0.1) is 5.92 Å². The Kier molecular flexibility index (Phi) is 8.02. The van der Waals surface area contributed by atoms with Crippen LogP contribution in [0.4, 0.5) is 0 Å². The number of hydrogen-bond donors (Lipinski definition) is 2. The maximum absolute atomic E-state index is 13.5. The molecule has 4 fully saturated rings. The highest BCUT2D eigenvalue weighted by Crippen LogP contribution is 2.40. The van der Waals surface area contributed by atoms with Gasteiger partial charge in [0.1, 0.15) is 31.1 Å². The molecule has 3 aliphatic heterocycles. The van der Waals surface area contributed by atoms with Crippen LogP contribution in [0.3, 0.4) is 0 Å². The lowest BCUT2D eigenvalue weighted by molar-refractivity contribution is -0.136. The van der Waals surface area contributed by atoms with E-state index in [2.05, 4.69) is 17.5 Å². The van der Waals surface area contributed by atoms with Gasteiger partial charge in [0.15, 0.2) is 0 Å². The van der Waals surface area contributed by atoms with Crippen LogP contribution in [0.2, 0.25) is 0 Å². The summed E-state index contributed by atoms with van der Waals surface area (Å²) in [6.45, 7) is 0.478. The second kappa shape index (κ2) is 11.8. The fourth-order valence-electron chi connectivity index (χ4n) is 6.31. The minimum Gasteiger partial charge on any atom is -0.456 e. The second-order valence-corrected chi connectivity index (χ2v) is 11.2. The summed E-state index contributed by atoms with van der Waals surface area (Å²) in [7, 11) is 0. The fraction of sp³-hybridized carbons (Fsp3) is 0.567. The fourth-order valence-corrected chi connectivity index (χ4v) is 6.31. The summed E-state index contributed by atoms with van der Waals surface area (Å²) in [6, 6.07) is 6.73. The number of fused-ring (bicyclic) bond motifs is 2. The van der Waals surface area contributed by atoms with E-state index in [-0.39, 0.29) is 38.2 Å². The molecule has 40 heavy (non-hydrogen) atoms. The summed E-state index contributed by atoms with van der Waals surface area (Å²) in [5.74, 6) is -0.552. The van der Waals surface area contributed by atoms with Gasteiger partial charge in [0.05, 0.1) is 24.4 Å². The Morgan fingerprint density at radius 2 is 2.05 bits per heavy atom. The molecule has 0 spiro atoms. The highest BCUT2D eigenvalue weighted by atomic mass is 16.7. The van der Waals surface area contributed by atoms with E-state index in [4.69, 9.17) is 24.1 Å². The Morgan fingerprint density at radius 1 is 1.15 bits per heavy atom. The first-order valence-electron chi connectivity index (χ1n) is 14.3. The van der Waals surface area contributed by atoms with Crippen molar-refractivity contribution in [2.45, 2.75) is 75.1 Å². The minimum absolute atomic E-state index is 0.0470. The number of nitrogens with one attached hydrogen (secondary N) is 1. The van der Waals surface area contributed by atoms with Crippen molar-refractivity contribution in [1.29, 1.82) is 0 Å². The number of esters is 1. The van der Waals surface area contributed by atoms with Crippen LogP contribution in [-0.2, 0) is 28.5 Å². The maximum Gasteiger partial charge on any atom is 0.338 e. The number of allylic oxidation sites excluding steroid dienone is 1. The molecule has 2 aliphatic carbocycles. The number of hydrogen-bond acceptors (Lipinski definition) is 8. The topological polar surface area (TPSA) is 127 Å². The molecule has 3 saturated heterocycles. The Hall–Kier alpha value is -3.05. The van der Waals surface area contributed by atoms with E-state index in [1.54, 1.807) is 17.0 Å². The molecule has 6 rings (SSSR count). The van der Waals surface area contributed by atoms with Gasteiger partial charge in [-0.1, -0.05) is 24.3 Å². The molecule has 1 aromatic carbocycles. The van der Waals surface area contributed by atoms with Crippen molar-refractivity contribution < 1.29 is 38.4 Å². The molecule has 10 heteroatoms. The van der Waals surface area contributed by atoms with Crippen LogP contribution in [0.15, 0.2) is 42.0 Å². The average Bonchev–Trinajstić information content (AvgIpc) is 3.32. The zero-order valence-corrected chi connectivity index (χ0v) is 22.4. The third kappa shape index (κ3) is 5.85. The highest BCUT2D eigenvalue weighted by Gasteiger charge is 2.45. The van der Waals surface area contributed by atoms with Gasteiger partial charge in [-0.15, -0.1) is 0 Å². The van der Waals surface area contributed by atoms with Crippen LogP contribution >= 0.6 is 0 Å². The Balaban J connectivity index is 1.11. The van der Waals surface area contributed by atoms with Gasteiger partial charge in [-0.2, -0.15) is 0 Å². The van der Waals surface area contributed by atoms with Gasteiger partial charge in [-0.3, -0.25) is 9.59 Å². The van der Waals surface area contributed by atoms with Crippen LogP contribution in [0.1, 0.15) is 54.4 Å².